The number of rotatable bonds is 5. The average Bonchev–Trinajstić information content (AvgIpc) is 2.46. The van der Waals surface area contributed by atoms with E-state index in [1.54, 1.807) is 14.2 Å². The highest BCUT2D eigenvalue weighted by atomic mass is 79.9. The predicted octanol–water partition coefficient (Wildman–Crippen LogP) is 3.88. The number of hydrogen-bond acceptors (Lipinski definition) is 4. The molecule has 0 aliphatic carbocycles. The summed E-state index contributed by atoms with van der Waals surface area (Å²) in [6.45, 7) is 2.11. The third kappa shape index (κ3) is 3.48. The Labute approximate surface area is 127 Å². The van der Waals surface area contributed by atoms with Gasteiger partial charge < -0.3 is 9.47 Å². The molecule has 1 heterocycles. The second-order valence-corrected chi connectivity index (χ2v) is 5.16. The molecule has 5 heteroatoms. The van der Waals surface area contributed by atoms with Gasteiger partial charge in [0.2, 0.25) is 0 Å². The number of halogens is 1. The molecular weight excluding hydrogens is 320 g/mol. The molecule has 0 unspecified atom stereocenters. The van der Waals surface area contributed by atoms with Crippen molar-refractivity contribution in [1.29, 1.82) is 0 Å². The van der Waals surface area contributed by atoms with Crippen molar-refractivity contribution in [2.45, 2.75) is 19.8 Å². The highest BCUT2D eigenvalue weighted by Crippen LogP contribution is 2.29. The molecule has 1 aromatic carbocycles. The van der Waals surface area contributed by atoms with E-state index in [-0.39, 0.29) is 0 Å². The van der Waals surface area contributed by atoms with E-state index in [4.69, 9.17) is 9.47 Å². The lowest BCUT2D eigenvalue weighted by atomic mass is 10.1. The maximum absolute atomic E-state index is 5.29. The molecule has 0 N–H and O–H groups in total. The van der Waals surface area contributed by atoms with Crippen LogP contribution in [0.15, 0.2) is 28.9 Å². The largest absolute Gasteiger partial charge is 0.497 e. The van der Waals surface area contributed by atoms with E-state index in [9.17, 15) is 0 Å². The van der Waals surface area contributed by atoms with Gasteiger partial charge >= 0.3 is 0 Å². The fraction of sp³-hybridized carbons (Fsp3) is 0.333. The standard InChI is InChI=1S/C15H17BrN2O2/c1-4-5-15-17-13(9-14(16)18-15)10-6-11(19-2)8-12(7-10)20-3/h6-9H,4-5H2,1-3H3. The molecule has 2 aromatic rings. The molecule has 0 spiro atoms. The molecule has 0 atom stereocenters. The Morgan fingerprint density at radius 1 is 1.00 bits per heavy atom. The van der Waals surface area contributed by atoms with Crippen molar-refractivity contribution in [3.8, 4) is 22.8 Å². The van der Waals surface area contributed by atoms with Crippen LogP contribution in [0, 0.1) is 0 Å². The summed E-state index contributed by atoms with van der Waals surface area (Å²) in [7, 11) is 3.27. The van der Waals surface area contributed by atoms with Gasteiger partial charge in [-0.05, 0) is 40.5 Å². The Bertz CT molecular complexity index is 580. The molecule has 0 aliphatic heterocycles. The van der Waals surface area contributed by atoms with Gasteiger partial charge in [-0.25, -0.2) is 9.97 Å². The normalized spacial score (nSPS) is 10.4. The van der Waals surface area contributed by atoms with Crippen LogP contribution in [0.2, 0.25) is 0 Å². The number of methoxy groups -OCH3 is 2. The molecule has 20 heavy (non-hydrogen) atoms. The number of ether oxygens (including phenoxy) is 2. The van der Waals surface area contributed by atoms with Crippen molar-refractivity contribution in [2.75, 3.05) is 14.2 Å². The van der Waals surface area contributed by atoms with Crippen molar-refractivity contribution < 1.29 is 9.47 Å². The van der Waals surface area contributed by atoms with Gasteiger partial charge in [0.25, 0.3) is 0 Å². The molecule has 106 valence electrons. The highest BCUT2D eigenvalue weighted by Gasteiger charge is 2.08. The van der Waals surface area contributed by atoms with Crippen molar-refractivity contribution >= 4 is 15.9 Å². The minimum absolute atomic E-state index is 0.742. The predicted molar refractivity (Wildman–Crippen MR) is 82.3 cm³/mol. The molecule has 0 bridgehead atoms. The summed E-state index contributed by atoms with van der Waals surface area (Å²) >= 11 is 3.44. The first-order valence-corrected chi connectivity index (χ1v) is 7.22. The molecule has 0 saturated carbocycles. The number of aryl methyl sites for hydroxylation is 1. The summed E-state index contributed by atoms with van der Waals surface area (Å²) in [5, 5.41) is 0. The Morgan fingerprint density at radius 3 is 2.20 bits per heavy atom. The smallest absolute Gasteiger partial charge is 0.130 e. The average molecular weight is 337 g/mol. The van der Waals surface area contributed by atoms with Crippen LogP contribution in [0.5, 0.6) is 11.5 Å². The van der Waals surface area contributed by atoms with E-state index < -0.39 is 0 Å². The third-order valence-corrected chi connectivity index (χ3v) is 3.27. The van der Waals surface area contributed by atoms with Gasteiger partial charge in [-0.3, -0.25) is 0 Å². The zero-order valence-corrected chi connectivity index (χ0v) is 13.4. The van der Waals surface area contributed by atoms with Crippen LogP contribution < -0.4 is 9.47 Å². The molecule has 0 amide bonds. The van der Waals surface area contributed by atoms with Gasteiger partial charge in [-0.2, -0.15) is 0 Å². The quantitative estimate of drug-likeness (QED) is 0.777. The van der Waals surface area contributed by atoms with Crippen LogP contribution in [0.1, 0.15) is 19.2 Å². The minimum Gasteiger partial charge on any atom is -0.497 e. The Balaban J connectivity index is 2.49. The van der Waals surface area contributed by atoms with Crippen LogP contribution in [0.4, 0.5) is 0 Å². The summed E-state index contributed by atoms with van der Waals surface area (Å²) in [6.07, 6.45) is 1.87. The molecule has 0 radical (unpaired) electrons. The molecule has 0 saturated heterocycles. The molecular formula is C15H17BrN2O2. The van der Waals surface area contributed by atoms with Crippen LogP contribution in [0.25, 0.3) is 11.3 Å². The van der Waals surface area contributed by atoms with Crippen molar-refractivity contribution in [1.82, 2.24) is 9.97 Å². The summed E-state index contributed by atoms with van der Waals surface area (Å²) in [4.78, 5) is 8.97. The first-order valence-electron chi connectivity index (χ1n) is 6.43. The van der Waals surface area contributed by atoms with Crippen molar-refractivity contribution in [3.05, 3.63) is 34.7 Å². The van der Waals surface area contributed by atoms with E-state index in [1.165, 1.54) is 0 Å². The van der Waals surface area contributed by atoms with Crippen LogP contribution in [0.3, 0.4) is 0 Å². The topological polar surface area (TPSA) is 44.2 Å². The number of nitrogens with zero attached hydrogens (tertiary/aromatic N) is 2. The first kappa shape index (κ1) is 14.8. The van der Waals surface area contributed by atoms with Gasteiger partial charge in [0.05, 0.1) is 19.9 Å². The lowest BCUT2D eigenvalue weighted by Gasteiger charge is -2.09. The second-order valence-electron chi connectivity index (χ2n) is 4.34. The maximum Gasteiger partial charge on any atom is 0.130 e. The fourth-order valence-electron chi connectivity index (χ4n) is 1.90. The lowest BCUT2D eigenvalue weighted by Crippen LogP contribution is -1.98. The number of benzene rings is 1. The van der Waals surface area contributed by atoms with Crippen LogP contribution in [-0.2, 0) is 6.42 Å². The second kappa shape index (κ2) is 6.70. The molecule has 0 fully saturated rings. The lowest BCUT2D eigenvalue weighted by molar-refractivity contribution is 0.394. The minimum atomic E-state index is 0.742. The van der Waals surface area contributed by atoms with Crippen molar-refractivity contribution in [3.63, 3.8) is 0 Å². The van der Waals surface area contributed by atoms with E-state index in [0.717, 1.165) is 46.0 Å². The van der Waals surface area contributed by atoms with E-state index in [2.05, 4.69) is 32.8 Å². The molecule has 1 aromatic heterocycles. The summed E-state index contributed by atoms with van der Waals surface area (Å²) < 4.78 is 11.4. The van der Waals surface area contributed by atoms with Crippen LogP contribution >= 0.6 is 15.9 Å². The number of aromatic nitrogens is 2. The summed E-state index contributed by atoms with van der Waals surface area (Å²) in [6, 6.07) is 7.61. The van der Waals surface area contributed by atoms with E-state index in [0.29, 0.717) is 0 Å². The van der Waals surface area contributed by atoms with Crippen molar-refractivity contribution in [2.24, 2.45) is 0 Å². The monoisotopic (exact) mass is 336 g/mol. The molecule has 4 nitrogen and oxygen atoms in total. The number of hydrogen-bond donors (Lipinski definition) is 0. The Hall–Kier alpha value is -1.62. The van der Waals surface area contributed by atoms with Gasteiger partial charge in [-0.1, -0.05) is 6.92 Å². The van der Waals surface area contributed by atoms with Gasteiger partial charge in [0, 0.05) is 18.1 Å². The van der Waals surface area contributed by atoms with Gasteiger partial charge in [0.1, 0.15) is 21.9 Å². The Kier molecular flexibility index (Phi) is 4.95. The Morgan fingerprint density at radius 2 is 1.65 bits per heavy atom. The summed E-state index contributed by atoms with van der Waals surface area (Å²) in [5.74, 6) is 2.32. The van der Waals surface area contributed by atoms with E-state index >= 15 is 0 Å². The molecule has 0 aliphatic rings. The third-order valence-electron chi connectivity index (χ3n) is 2.86. The van der Waals surface area contributed by atoms with E-state index in [1.807, 2.05) is 24.3 Å². The SMILES string of the molecule is CCCc1nc(Br)cc(-c2cc(OC)cc(OC)c2)n1. The first-order chi connectivity index (χ1) is 9.66. The highest BCUT2D eigenvalue weighted by molar-refractivity contribution is 9.10. The summed E-state index contributed by atoms with van der Waals surface area (Å²) in [5.41, 5.74) is 1.80. The zero-order chi connectivity index (χ0) is 14.5. The van der Waals surface area contributed by atoms with Crippen LogP contribution in [-0.4, -0.2) is 24.2 Å². The molecule has 2 rings (SSSR count). The van der Waals surface area contributed by atoms with Gasteiger partial charge in [-0.15, -0.1) is 0 Å². The maximum atomic E-state index is 5.29. The fourth-order valence-corrected chi connectivity index (χ4v) is 2.32. The van der Waals surface area contributed by atoms with Gasteiger partial charge in [0.15, 0.2) is 0 Å². The zero-order valence-electron chi connectivity index (χ0n) is 11.8.